The van der Waals surface area contributed by atoms with Crippen molar-refractivity contribution < 1.29 is 0 Å². The van der Waals surface area contributed by atoms with E-state index in [4.69, 9.17) is 0 Å². The molecule has 1 saturated heterocycles. The summed E-state index contributed by atoms with van der Waals surface area (Å²) in [4.78, 5) is 13.2. The third-order valence-electron chi connectivity index (χ3n) is 4.00. The van der Waals surface area contributed by atoms with Crippen LogP contribution in [0.25, 0.3) is 0 Å². The molecule has 0 amide bonds. The minimum atomic E-state index is 0.531. The van der Waals surface area contributed by atoms with Crippen molar-refractivity contribution in [1.82, 2.24) is 19.8 Å². The molecule has 0 spiro atoms. The lowest BCUT2D eigenvalue weighted by atomic mass is 10.1. The van der Waals surface area contributed by atoms with Gasteiger partial charge in [0.25, 0.3) is 0 Å². The first kappa shape index (κ1) is 13.7. The molecule has 20 heavy (non-hydrogen) atoms. The quantitative estimate of drug-likeness (QED) is 0.865. The van der Waals surface area contributed by atoms with Gasteiger partial charge in [-0.1, -0.05) is 0 Å². The average Bonchev–Trinajstić information content (AvgIpc) is 3.03. The Balaban J connectivity index is 1.52. The zero-order chi connectivity index (χ0) is 13.8. The molecule has 1 unspecified atom stereocenters. The van der Waals surface area contributed by atoms with E-state index in [0.29, 0.717) is 6.04 Å². The van der Waals surface area contributed by atoms with Crippen LogP contribution in [0.15, 0.2) is 35.5 Å². The number of aromatic nitrogens is 2. The van der Waals surface area contributed by atoms with Crippen molar-refractivity contribution in [2.75, 3.05) is 26.2 Å². The molecule has 0 radical (unpaired) electrons. The highest BCUT2D eigenvalue weighted by Gasteiger charge is 2.22. The predicted octanol–water partition coefficient (Wildman–Crippen LogP) is 2.42. The zero-order valence-electron chi connectivity index (χ0n) is 11.8. The monoisotopic (exact) mass is 288 g/mol. The van der Waals surface area contributed by atoms with Crippen LogP contribution in [0.3, 0.4) is 0 Å². The number of piperazine rings is 1. The fourth-order valence-corrected chi connectivity index (χ4v) is 3.45. The molecule has 1 aliphatic rings. The first-order valence-electron chi connectivity index (χ1n) is 7.05. The third kappa shape index (κ3) is 3.23. The summed E-state index contributed by atoms with van der Waals surface area (Å²) in [5, 5.41) is 4.43. The van der Waals surface area contributed by atoms with Gasteiger partial charge in [0.1, 0.15) is 6.33 Å². The number of rotatable bonds is 4. The number of thiophene rings is 1. The molecule has 2 aromatic heterocycles. The van der Waals surface area contributed by atoms with E-state index in [9.17, 15) is 0 Å². The van der Waals surface area contributed by atoms with Crippen LogP contribution in [0.1, 0.15) is 24.1 Å². The molecule has 1 aliphatic heterocycles. The Morgan fingerprint density at radius 3 is 2.60 bits per heavy atom. The Bertz CT molecular complexity index is 506. The first-order chi connectivity index (χ1) is 9.83. The Labute approximate surface area is 124 Å². The summed E-state index contributed by atoms with van der Waals surface area (Å²) in [6.07, 6.45) is 5.41. The Hall–Kier alpha value is -1.30. The summed E-state index contributed by atoms with van der Waals surface area (Å²) < 4.78 is 0. The zero-order valence-corrected chi connectivity index (χ0v) is 12.6. The van der Waals surface area contributed by atoms with Crippen LogP contribution in [0.2, 0.25) is 0 Å². The molecule has 0 bridgehead atoms. The van der Waals surface area contributed by atoms with Crippen molar-refractivity contribution in [1.29, 1.82) is 0 Å². The average molecular weight is 288 g/mol. The molecule has 106 valence electrons. The second-order valence-corrected chi connectivity index (χ2v) is 6.07. The Morgan fingerprint density at radius 2 is 1.95 bits per heavy atom. The van der Waals surface area contributed by atoms with Crippen molar-refractivity contribution in [3.05, 3.63) is 46.7 Å². The molecule has 3 rings (SSSR count). The van der Waals surface area contributed by atoms with E-state index < -0.39 is 0 Å². The van der Waals surface area contributed by atoms with Gasteiger partial charge in [-0.15, -0.1) is 0 Å². The van der Waals surface area contributed by atoms with Crippen molar-refractivity contribution in [3.63, 3.8) is 0 Å². The molecule has 5 heteroatoms. The van der Waals surface area contributed by atoms with Gasteiger partial charge < -0.3 is 0 Å². The first-order valence-corrected chi connectivity index (χ1v) is 7.99. The summed E-state index contributed by atoms with van der Waals surface area (Å²) in [5.41, 5.74) is 2.65. The highest BCUT2D eigenvalue weighted by atomic mass is 32.1. The third-order valence-corrected chi connectivity index (χ3v) is 4.70. The highest BCUT2D eigenvalue weighted by molar-refractivity contribution is 7.07. The lowest BCUT2D eigenvalue weighted by Crippen LogP contribution is -2.46. The largest absolute Gasteiger partial charge is 0.296 e. The number of nitrogens with zero attached hydrogens (tertiary/aromatic N) is 4. The van der Waals surface area contributed by atoms with Gasteiger partial charge in [0, 0.05) is 56.7 Å². The lowest BCUT2D eigenvalue weighted by molar-refractivity contribution is 0.0979. The maximum Gasteiger partial charge on any atom is 0.115 e. The van der Waals surface area contributed by atoms with E-state index in [1.54, 1.807) is 17.7 Å². The predicted molar refractivity (Wildman–Crippen MR) is 81.6 cm³/mol. The minimum absolute atomic E-state index is 0.531. The van der Waals surface area contributed by atoms with Gasteiger partial charge >= 0.3 is 0 Å². The molecular weight excluding hydrogens is 268 g/mol. The van der Waals surface area contributed by atoms with Gasteiger partial charge in [-0.2, -0.15) is 11.3 Å². The van der Waals surface area contributed by atoms with Gasteiger partial charge in [-0.25, -0.2) is 9.97 Å². The van der Waals surface area contributed by atoms with E-state index in [1.165, 1.54) is 11.1 Å². The van der Waals surface area contributed by atoms with Crippen LogP contribution in [0.5, 0.6) is 0 Å². The summed E-state index contributed by atoms with van der Waals surface area (Å²) in [6.45, 7) is 7.76. The standard InChI is InChI=1S/C15H20N4S/c1-13(15-2-7-20-11-15)19-5-3-18(4-6-19)10-14-8-16-12-17-9-14/h2,7-9,11-13H,3-6,10H2,1H3. The molecule has 0 aliphatic carbocycles. The van der Waals surface area contributed by atoms with Gasteiger partial charge in [0.2, 0.25) is 0 Å². The molecule has 0 saturated carbocycles. The van der Waals surface area contributed by atoms with Gasteiger partial charge in [-0.3, -0.25) is 9.80 Å². The second kappa shape index (κ2) is 6.43. The van der Waals surface area contributed by atoms with Gasteiger partial charge in [-0.05, 0) is 29.3 Å². The van der Waals surface area contributed by atoms with Crippen molar-refractivity contribution >= 4 is 11.3 Å². The van der Waals surface area contributed by atoms with Crippen LogP contribution in [-0.4, -0.2) is 45.9 Å². The highest BCUT2D eigenvalue weighted by Crippen LogP contribution is 2.23. The molecule has 4 nitrogen and oxygen atoms in total. The fraction of sp³-hybridized carbons (Fsp3) is 0.467. The van der Waals surface area contributed by atoms with Crippen molar-refractivity contribution in [2.24, 2.45) is 0 Å². The van der Waals surface area contributed by atoms with Gasteiger partial charge in [0.15, 0.2) is 0 Å². The molecule has 1 atom stereocenters. The summed E-state index contributed by atoms with van der Waals surface area (Å²) in [6, 6.07) is 2.77. The van der Waals surface area contributed by atoms with Gasteiger partial charge in [0.05, 0.1) is 0 Å². The van der Waals surface area contributed by atoms with E-state index in [0.717, 1.165) is 32.7 Å². The molecule has 1 fully saturated rings. The topological polar surface area (TPSA) is 32.3 Å². The van der Waals surface area contributed by atoms with Crippen molar-refractivity contribution in [2.45, 2.75) is 19.5 Å². The minimum Gasteiger partial charge on any atom is -0.296 e. The van der Waals surface area contributed by atoms with E-state index in [1.807, 2.05) is 12.4 Å². The number of hydrogen-bond acceptors (Lipinski definition) is 5. The lowest BCUT2D eigenvalue weighted by Gasteiger charge is -2.37. The molecule has 0 N–H and O–H groups in total. The van der Waals surface area contributed by atoms with Crippen LogP contribution in [0.4, 0.5) is 0 Å². The van der Waals surface area contributed by atoms with E-state index >= 15 is 0 Å². The Morgan fingerprint density at radius 1 is 1.20 bits per heavy atom. The van der Waals surface area contributed by atoms with Crippen LogP contribution >= 0.6 is 11.3 Å². The summed E-state index contributed by atoms with van der Waals surface area (Å²) in [7, 11) is 0. The fourth-order valence-electron chi connectivity index (χ4n) is 2.70. The maximum absolute atomic E-state index is 4.08. The molecule has 2 aromatic rings. The van der Waals surface area contributed by atoms with E-state index in [2.05, 4.69) is 43.5 Å². The summed E-state index contributed by atoms with van der Waals surface area (Å²) in [5.74, 6) is 0. The smallest absolute Gasteiger partial charge is 0.115 e. The maximum atomic E-state index is 4.08. The SMILES string of the molecule is CC(c1ccsc1)N1CCN(Cc2cncnc2)CC1. The van der Waals surface area contributed by atoms with Crippen molar-refractivity contribution in [3.8, 4) is 0 Å². The molecule has 0 aromatic carbocycles. The second-order valence-electron chi connectivity index (χ2n) is 5.29. The molecular formula is C15H20N4S. The number of hydrogen-bond donors (Lipinski definition) is 0. The van der Waals surface area contributed by atoms with Crippen LogP contribution in [0, 0.1) is 0 Å². The Kier molecular flexibility index (Phi) is 4.40. The summed E-state index contributed by atoms with van der Waals surface area (Å²) >= 11 is 1.78. The normalized spacial score (nSPS) is 19.1. The van der Waals surface area contributed by atoms with Crippen LogP contribution in [-0.2, 0) is 6.54 Å². The van der Waals surface area contributed by atoms with Crippen LogP contribution < -0.4 is 0 Å². The van der Waals surface area contributed by atoms with E-state index in [-0.39, 0.29) is 0 Å². The molecule has 3 heterocycles.